The average molecular weight is 395 g/mol. The van der Waals surface area contributed by atoms with Crippen molar-refractivity contribution in [2.45, 2.75) is 24.7 Å². The molecule has 0 radical (unpaired) electrons. The van der Waals surface area contributed by atoms with Crippen LogP contribution in [0.2, 0.25) is 0 Å². The van der Waals surface area contributed by atoms with Crippen LogP contribution in [0.3, 0.4) is 0 Å². The van der Waals surface area contributed by atoms with Gasteiger partial charge in [0.15, 0.2) is 9.80 Å². The summed E-state index contributed by atoms with van der Waals surface area (Å²) < 4.78 is 31.4. The number of sulfonamides is 1. The number of rotatable bonds is 5. The predicted octanol–water partition coefficient (Wildman–Crippen LogP) is 3.12. The number of halogens is 1. The molecule has 0 aromatic carbocycles. The molecule has 2 rings (SSSR count). The van der Waals surface area contributed by atoms with Crippen molar-refractivity contribution in [3.8, 4) is 0 Å². The fourth-order valence-corrected chi connectivity index (χ4v) is 4.47. The van der Waals surface area contributed by atoms with Crippen LogP contribution in [0, 0.1) is 0 Å². The van der Waals surface area contributed by atoms with E-state index in [2.05, 4.69) is 25.6 Å². The van der Waals surface area contributed by atoms with Gasteiger partial charge >= 0.3 is 5.97 Å². The van der Waals surface area contributed by atoms with Gasteiger partial charge in [-0.05, 0) is 21.8 Å². The van der Waals surface area contributed by atoms with Crippen LogP contribution < -0.4 is 4.72 Å². The van der Waals surface area contributed by atoms with Crippen molar-refractivity contribution in [1.82, 2.24) is 4.98 Å². The van der Waals surface area contributed by atoms with Gasteiger partial charge in [-0.25, -0.2) is 18.2 Å². The predicted molar refractivity (Wildman–Crippen MR) is 80.4 cm³/mol. The number of hydrogen-bond donors (Lipinski definition) is 2. The maximum Gasteiger partial charge on any atom is 0.371 e. The molecule has 2 heterocycles. The van der Waals surface area contributed by atoms with E-state index in [9.17, 15) is 13.2 Å². The van der Waals surface area contributed by atoms with Gasteiger partial charge in [0.05, 0.1) is 5.69 Å². The van der Waals surface area contributed by atoms with Crippen LogP contribution in [0.4, 0.5) is 5.13 Å². The minimum atomic E-state index is -3.98. The zero-order chi connectivity index (χ0) is 15.8. The molecule has 0 atom stereocenters. The minimum Gasteiger partial charge on any atom is -0.475 e. The van der Waals surface area contributed by atoms with Crippen molar-refractivity contribution in [3.05, 3.63) is 27.6 Å². The number of carbonyl (C=O) groups is 1. The number of hydrogen-bond acceptors (Lipinski definition) is 6. The second-order valence-electron chi connectivity index (χ2n) is 4.39. The first-order valence-corrected chi connectivity index (χ1v) is 8.87. The van der Waals surface area contributed by atoms with Gasteiger partial charge in [0.25, 0.3) is 10.0 Å². The quantitative estimate of drug-likeness (QED) is 0.805. The second kappa shape index (κ2) is 5.78. The Hall–Kier alpha value is -1.39. The fourth-order valence-electron chi connectivity index (χ4n) is 1.41. The lowest BCUT2D eigenvalue weighted by molar-refractivity contribution is 0.0661. The van der Waals surface area contributed by atoms with Crippen LogP contribution in [-0.4, -0.2) is 24.5 Å². The first kappa shape index (κ1) is 16.0. The number of carboxylic acids is 1. The van der Waals surface area contributed by atoms with Gasteiger partial charge in [0, 0.05) is 11.4 Å². The van der Waals surface area contributed by atoms with Gasteiger partial charge < -0.3 is 9.52 Å². The number of aromatic carboxylic acids is 1. The number of furan rings is 1. The Morgan fingerprint density at radius 1 is 1.52 bits per heavy atom. The third-order valence-corrected chi connectivity index (χ3v) is 5.59. The summed E-state index contributed by atoms with van der Waals surface area (Å²) in [4.78, 5) is 14.7. The molecule has 0 aliphatic carbocycles. The molecule has 0 saturated heterocycles. The Labute approximate surface area is 133 Å². The Bertz CT molecular complexity index is 778. The number of thiazole rings is 1. The molecule has 7 nitrogen and oxygen atoms in total. The Morgan fingerprint density at radius 3 is 2.67 bits per heavy atom. The molecule has 2 aromatic heterocycles. The molecule has 2 aromatic rings. The van der Waals surface area contributed by atoms with E-state index in [1.54, 1.807) is 5.38 Å². The lowest BCUT2D eigenvalue weighted by Gasteiger charge is -2.03. The van der Waals surface area contributed by atoms with Gasteiger partial charge in [0.1, 0.15) is 4.90 Å². The summed E-state index contributed by atoms with van der Waals surface area (Å²) in [7, 11) is -3.98. The second-order valence-corrected chi connectivity index (χ2v) is 7.62. The summed E-state index contributed by atoms with van der Waals surface area (Å²) in [6, 6.07) is 0.936. The first-order valence-electron chi connectivity index (χ1n) is 5.71. The zero-order valence-electron chi connectivity index (χ0n) is 11.0. The molecule has 0 aliphatic heterocycles. The zero-order valence-corrected chi connectivity index (χ0v) is 14.2. The highest BCUT2D eigenvalue weighted by Gasteiger charge is 2.26. The third kappa shape index (κ3) is 3.44. The van der Waals surface area contributed by atoms with Gasteiger partial charge in [-0.2, -0.15) is 0 Å². The number of nitrogens with zero attached hydrogens (tertiary/aromatic N) is 1. The monoisotopic (exact) mass is 394 g/mol. The van der Waals surface area contributed by atoms with Crippen LogP contribution in [0.5, 0.6) is 0 Å². The van der Waals surface area contributed by atoms with E-state index in [-0.39, 0.29) is 20.6 Å². The Morgan fingerprint density at radius 2 is 2.19 bits per heavy atom. The molecule has 2 N–H and O–H groups in total. The van der Waals surface area contributed by atoms with Crippen molar-refractivity contribution in [2.24, 2.45) is 0 Å². The molecule has 0 amide bonds. The standard InChI is InChI=1S/C11H11BrN2O5S2/c1-5(2)6-4-20-11(13-6)14-21(17,18)8-3-7(10(15)16)19-9(8)12/h3-5H,1-2H3,(H,13,14)(H,15,16). The van der Waals surface area contributed by atoms with Gasteiger partial charge in [-0.3, -0.25) is 4.72 Å². The number of anilines is 1. The summed E-state index contributed by atoms with van der Waals surface area (Å²) in [6.45, 7) is 3.89. The normalized spacial score (nSPS) is 11.8. The Balaban J connectivity index is 2.31. The summed E-state index contributed by atoms with van der Waals surface area (Å²) >= 11 is 4.05. The SMILES string of the molecule is CC(C)c1csc(NS(=O)(=O)c2cc(C(=O)O)oc2Br)n1. The van der Waals surface area contributed by atoms with Crippen LogP contribution >= 0.6 is 27.3 Å². The molecular formula is C11H11BrN2O5S2. The highest BCUT2D eigenvalue weighted by molar-refractivity contribution is 9.10. The van der Waals surface area contributed by atoms with E-state index in [0.717, 1.165) is 23.1 Å². The molecule has 0 saturated carbocycles. The van der Waals surface area contributed by atoms with E-state index in [1.165, 1.54) is 0 Å². The van der Waals surface area contributed by atoms with Gasteiger partial charge in [0.2, 0.25) is 5.76 Å². The van der Waals surface area contributed by atoms with Crippen LogP contribution in [-0.2, 0) is 10.0 Å². The van der Waals surface area contributed by atoms with E-state index >= 15 is 0 Å². The Kier molecular flexibility index (Phi) is 4.40. The molecule has 0 spiro atoms. The molecule has 114 valence electrons. The van der Waals surface area contributed by atoms with Gasteiger partial charge in [-0.15, -0.1) is 11.3 Å². The summed E-state index contributed by atoms with van der Waals surface area (Å²) in [6.07, 6.45) is 0. The molecule has 0 aliphatic rings. The number of nitrogens with one attached hydrogen (secondary N) is 1. The van der Waals surface area contributed by atoms with Crippen molar-refractivity contribution >= 4 is 48.4 Å². The van der Waals surface area contributed by atoms with Crippen LogP contribution in [0.15, 0.2) is 25.4 Å². The number of aromatic nitrogens is 1. The van der Waals surface area contributed by atoms with E-state index < -0.39 is 21.8 Å². The largest absolute Gasteiger partial charge is 0.475 e. The highest BCUT2D eigenvalue weighted by Crippen LogP contribution is 2.29. The third-order valence-electron chi connectivity index (χ3n) is 2.49. The lowest BCUT2D eigenvalue weighted by atomic mass is 10.2. The molecule has 10 heteroatoms. The van der Waals surface area contributed by atoms with Crippen molar-refractivity contribution in [1.29, 1.82) is 0 Å². The van der Waals surface area contributed by atoms with Gasteiger partial charge in [-0.1, -0.05) is 13.8 Å². The highest BCUT2D eigenvalue weighted by atomic mass is 79.9. The van der Waals surface area contributed by atoms with Crippen molar-refractivity contribution < 1.29 is 22.7 Å². The topological polar surface area (TPSA) is 110 Å². The molecule has 21 heavy (non-hydrogen) atoms. The maximum atomic E-state index is 12.2. The minimum absolute atomic E-state index is 0.173. The smallest absolute Gasteiger partial charge is 0.371 e. The van der Waals surface area contributed by atoms with Crippen LogP contribution in [0.25, 0.3) is 0 Å². The first-order chi connectivity index (χ1) is 9.70. The maximum absolute atomic E-state index is 12.2. The molecule has 0 fully saturated rings. The number of carboxylic acid groups (broad SMARTS) is 1. The van der Waals surface area contributed by atoms with E-state index in [4.69, 9.17) is 9.52 Å². The van der Waals surface area contributed by atoms with Crippen molar-refractivity contribution in [3.63, 3.8) is 0 Å². The average Bonchev–Trinajstić information content (AvgIpc) is 2.95. The fraction of sp³-hybridized carbons (Fsp3) is 0.273. The molecular weight excluding hydrogens is 384 g/mol. The molecule has 0 bridgehead atoms. The summed E-state index contributed by atoms with van der Waals surface area (Å²) in [5.41, 5.74) is 0.773. The summed E-state index contributed by atoms with van der Waals surface area (Å²) in [5.74, 6) is -1.64. The summed E-state index contributed by atoms with van der Waals surface area (Å²) in [5, 5.41) is 10.8. The lowest BCUT2D eigenvalue weighted by Crippen LogP contribution is -2.12. The molecule has 0 unspecified atom stereocenters. The van der Waals surface area contributed by atoms with Crippen molar-refractivity contribution in [2.75, 3.05) is 4.72 Å². The van der Waals surface area contributed by atoms with E-state index in [0.29, 0.717) is 0 Å². The van der Waals surface area contributed by atoms with Crippen LogP contribution in [0.1, 0.15) is 36.0 Å². The van der Waals surface area contributed by atoms with E-state index in [1.807, 2.05) is 13.8 Å².